The molecule has 0 aromatic carbocycles. The van der Waals surface area contributed by atoms with Gasteiger partial charge in [-0.05, 0) is 44.2 Å². The van der Waals surface area contributed by atoms with Crippen molar-refractivity contribution < 1.29 is 14.0 Å². The number of amides is 2. The van der Waals surface area contributed by atoms with Crippen LogP contribution in [0.5, 0.6) is 0 Å². The van der Waals surface area contributed by atoms with Crippen molar-refractivity contribution >= 4 is 29.2 Å². The summed E-state index contributed by atoms with van der Waals surface area (Å²) in [6.45, 7) is 2.91. The summed E-state index contributed by atoms with van der Waals surface area (Å²) < 4.78 is 5.00. The van der Waals surface area contributed by atoms with Crippen LogP contribution < -0.4 is 5.32 Å². The van der Waals surface area contributed by atoms with Gasteiger partial charge in [-0.25, -0.2) is 4.98 Å². The second-order valence-electron chi connectivity index (χ2n) is 7.63. The average Bonchev–Trinajstić information content (AvgIpc) is 3.30. The van der Waals surface area contributed by atoms with E-state index in [0.29, 0.717) is 35.1 Å². The minimum absolute atomic E-state index is 0.00304. The lowest BCUT2D eigenvalue weighted by atomic mass is 10.0. The van der Waals surface area contributed by atoms with Crippen LogP contribution >= 0.6 is 11.6 Å². The summed E-state index contributed by atoms with van der Waals surface area (Å²) >= 11 is 6.41. The molecular weight excluding hydrogens is 392 g/mol. The maximum Gasteiger partial charge on any atom is 0.257 e. The first-order valence-electron chi connectivity index (χ1n) is 10.1. The fraction of sp³-hybridized carbons (Fsp3) is 0.476. The first-order chi connectivity index (χ1) is 14.1. The number of rotatable bonds is 4. The molecule has 4 rings (SSSR count). The zero-order valence-electron chi connectivity index (χ0n) is 16.3. The molecule has 2 aromatic heterocycles. The number of carbonyl (C=O) groups is 2. The fourth-order valence-electron chi connectivity index (χ4n) is 3.93. The number of pyridine rings is 1. The number of carbonyl (C=O) groups excluding carboxylic acids is 2. The molecule has 0 unspecified atom stereocenters. The van der Waals surface area contributed by atoms with Crippen LogP contribution in [0.1, 0.15) is 52.8 Å². The molecule has 2 aliphatic heterocycles. The third-order valence-electron chi connectivity index (χ3n) is 5.62. The van der Waals surface area contributed by atoms with Crippen molar-refractivity contribution in [2.45, 2.75) is 38.1 Å². The van der Waals surface area contributed by atoms with Crippen molar-refractivity contribution in [3.05, 3.63) is 47.0 Å². The summed E-state index contributed by atoms with van der Waals surface area (Å²) in [7, 11) is 0. The van der Waals surface area contributed by atoms with Gasteiger partial charge in [-0.1, -0.05) is 11.6 Å². The molecule has 7 nitrogen and oxygen atoms in total. The van der Waals surface area contributed by atoms with Gasteiger partial charge in [-0.3, -0.25) is 9.59 Å². The number of hydrogen-bond donors (Lipinski definition) is 1. The highest BCUT2D eigenvalue weighted by Gasteiger charge is 2.25. The van der Waals surface area contributed by atoms with Crippen molar-refractivity contribution in [2.75, 3.05) is 31.5 Å². The van der Waals surface area contributed by atoms with Crippen LogP contribution in [0.2, 0.25) is 5.02 Å². The molecule has 1 N–H and O–H groups in total. The standard InChI is InChI=1S/C21H25ClN4O3/c22-18-12-16(21(28)25-7-2-1-3-8-25)13-23-19(18)24-17-4-9-26(10-5-17)20(27)15-6-11-29-14-15/h6,11-14,17H,1-5,7-10H2,(H,23,24). The zero-order valence-corrected chi connectivity index (χ0v) is 17.0. The predicted molar refractivity (Wildman–Crippen MR) is 110 cm³/mol. The van der Waals surface area contributed by atoms with Gasteiger partial charge in [0.05, 0.1) is 22.4 Å². The summed E-state index contributed by atoms with van der Waals surface area (Å²) in [5.74, 6) is 0.576. The summed E-state index contributed by atoms with van der Waals surface area (Å²) in [5.41, 5.74) is 1.11. The minimum Gasteiger partial charge on any atom is -0.472 e. The van der Waals surface area contributed by atoms with E-state index in [-0.39, 0.29) is 17.9 Å². The zero-order chi connectivity index (χ0) is 20.2. The monoisotopic (exact) mass is 416 g/mol. The molecule has 0 spiro atoms. The molecule has 4 heterocycles. The number of piperidine rings is 2. The summed E-state index contributed by atoms with van der Waals surface area (Å²) in [6.07, 6.45) is 9.47. The average molecular weight is 417 g/mol. The largest absolute Gasteiger partial charge is 0.472 e. The molecule has 29 heavy (non-hydrogen) atoms. The molecule has 0 bridgehead atoms. The Bertz CT molecular complexity index is 857. The van der Waals surface area contributed by atoms with Crippen LogP contribution in [0.25, 0.3) is 0 Å². The molecule has 2 aromatic rings. The number of nitrogens with zero attached hydrogens (tertiary/aromatic N) is 3. The first-order valence-corrected chi connectivity index (χ1v) is 10.5. The maximum atomic E-state index is 12.6. The summed E-state index contributed by atoms with van der Waals surface area (Å²) in [5, 5.41) is 3.81. The quantitative estimate of drug-likeness (QED) is 0.822. The third-order valence-corrected chi connectivity index (χ3v) is 5.91. The van der Waals surface area contributed by atoms with Crippen LogP contribution in [0, 0.1) is 0 Å². The number of likely N-dealkylation sites (tertiary alicyclic amines) is 2. The van der Waals surface area contributed by atoms with E-state index >= 15 is 0 Å². The van der Waals surface area contributed by atoms with Crippen molar-refractivity contribution in [1.29, 1.82) is 0 Å². The maximum absolute atomic E-state index is 12.6. The fourth-order valence-corrected chi connectivity index (χ4v) is 4.15. The highest BCUT2D eigenvalue weighted by Crippen LogP contribution is 2.25. The number of furan rings is 1. The van der Waals surface area contributed by atoms with Gasteiger partial charge >= 0.3 is 0 Å². The van der Waals surface area contributed by atoms with Gasteiger partial charge in [-0.15, -0.1) is 0 Å². The molecule has 0 atom stereocenters. The number of hydrogen-bond acceptors (Lipinski definition) is 5. The molecular formula is C21H25ClN4O3. The Morgan fingerprint density at radius 2 is 1.72 bits per heavy atom. The third kappa shape index (κ3) is 4.56. The second kappa shape index (κ2) is 8.86. The SMILES string of the molecule is O=C(c1cnc(NC2CCN(C(=O)c3ccoc3)CC2)c(Cl)c1)N1CCCCC1. The predicted octanol–water partition coefficient (Wildman–Crippen LogP) is 3.67. The number of halogens is 1. The molecule has 2 aliphatic rings. The van der Waals surface area contributed by atoms with Gasteiger partial charge in [0.15, 0.2) is 0 Å². The van der Waals surface area contributed by atoms with Crippen molar-refractivity contribution in [3.8, 4) is 0 Å². The topological polar surface area (TPSA) is 78.7 Å². The second-order valence-corrected chi connectivity index (χ2v) is 8.04. The Balaban J connectivity index is 1.33. The normalized spacial score (nSPS) is 18.0. The van der Waals surface area contributed by atoms with Gasteiger partial charge in [0, 0.05) is 38.4 Å². The highest BCUT2D eigenvalue weighted by molar-refractivity contribution is 6.33. The van der Waals surface area contributed by atoms with E-state index in [2.05, 4.69) is 10.3 Å². The van der Waals surface area contributed by atoms with Crippen LogP contribution in [0.3, 0.4) is 0 Å². The first kappa shape index (κ1) is 19.8. The molecule has 154 valence electrons. The molecule has 0 aliphatic carbocycles. The molecule has 2 saturated heterocycles. The van der Waals surface area contributed by atoms with E-state index in [0.717, 1.165) is 38.8 Å². The number of aromatic nitrogens is 1. The van der Waals surface area contributed by atoms with Crippen LogP contribution in [-0.2, 0) is 0 Å². The highest BCUT2D eigenvalue weighted by atomic mass is 35.5. The minimum atomic E-state index is -0.00562. The molecule has 2 fully saturated rings. The Kier molecular flexibility index (Phi) is 6.04. The Morgan fingerprint density at radius 1 is 1.03 bits per heavy atom. The van der Waals surface area contributed by atoms with E-state index in [1.807, 2.05) is 9.80 Å². The van der Waals surface area contributed by atoms with Crippen LogP contribution in [0.15, 0.2) is 35.3 Å². The Hall–Kier alpha value is -2.54. The van der Waals surface area contributed by atoms with Gasteiger partial charge in [0.25, 0.3) is 11.8 Å². The Labute approximate surface area is 175 Å². The van der Waals surface area contributed by atoms with E-state index in [9.17, 15) is 9.59 Å². The Morgan fingerprint density at radius 3 is 2.38 bits per heavy atom. The lowest BCUT2D eigenvalue weighted by Gasteiger charge is -2.32. The van der Waals surface area contributed by atoms with E-state index in [1.54, 1.807) is 18.3 Å². The lowest BCUT2D eigenvalue weighted by Crippen LogP contribution is -2.42. The van der Waals surface area contributed by atoms with Crippen molar-refractivity contribution in [2.24, 2.45) is 0 Å². The molecule has 0 saturated carbocycles. The lowest BCUT2D eigenvalue weighted by molar-refractivity contribution is 0.0713. The smallest absolute Gasteiger partial charge is 0.257 e. The summed E-state index contributed by atoms with van der Waals surface area (Å²) in [4.78, 5) is 33.1. The molecule has 0 radical (unpaired) electrons. The van der Waals surface area contributed by atoms with Crippen LogP contribution in [0.4, 0.5) is 5.82 Å². The molecule has 2 amide bonds. The van der Waals surface area contributed by atoms with Gasteiger partial charge in [0.2, 0.25) is 0 Å². The van der Waals surface area contributed by atoms with Gasteiger partial charge < -0.3 is 19.5 Å². The van der Waals surface area contributed by atoms with Crippen molar-refractivity contribution in [1.82, 2.24) is 14.8 Å². The van der Waals surface area contributed by atoms with E-state index in [1.165, 1.54) is 18.9 Å². The summed E-state index contributed by atoms with van der Waals surface area (Å²) in [6, 6.07) is 3.56. The van der Waals surface area contributed by atoms with E-state index < -0.39 is 0 Å². The van der Waals surface area contributed by atoms with Gasteiger partial charge in [0.1, 0.15) is 12.1 Å². The number of nitrogens with one attached hydrogen (secondary N) is 1. The molecule has 8 heteroatoms. The van der Waals surface area contributed by atoms with Crippen LogP contribution in [-0.4, -0.2) is 58.8 Å². The number of anilines is 1. The van der Waals surface area contributed by atoms with E-state index in [4.69, 9.17) is 16.0 Å². The van der Waals surface area contributed by atoms with Gasteiger partial charge in [-0.2, -0.15) is 0 Å². The van der Waals surface area contributed by atoms with Crippen molar-refractivity contribution in [3.63, 3.8) is 0 Å².